The van der Waals surface area contributed by atoms with Crippen LogP contribution in [0.25, 0.3) is 0 Å². The molecule has 0 heterocycles. The smallest absolute Gasteiger partial charge is 0.394 e. The van der Waals surface area contributed by atoms with Gasteiger partial charge in [0.2, 0.25) is 0 Å². The quantitative estimate of drug-likeness (QED) is 0.577. The molecule has 5 nitrogen and oxygen atoms in total. The third-order valence-corrected chi connectivity index (χ3v) is 1.61. The number of rotatable bonds is 5. The summed E-state index contributed by atoms with van der Waals surface area (Å²) in [6, 6.07) is 8.81. The lowest BCUT2D eigenvalue weighted by Crippen LogP contribution is -2.33. The maximum atomic E-state index is 11.1. The lowest BCUT2D eigenvalue weighted by atomic mass is 10.3. The molecule has 0 spiro atoms. The van der Waals surface area contributed by atoms with E-state index in [4.69, 9.17) is 15.4 Å². The van der Waals surface area contributed by atoms with E-state index in [2.05, 4.69) is 4.84 Å². The Kier molecular flexibility index (Phi) is 4.59. The fraction of sp³-hybridized carbons (Fsp3) is 0.300. The van der Waals surface area contributed by atoms with Gasteiger partial charge in [0.25, 0.3) is 0 Å². The van der Waals surface area contributed by atoms with Crippen molar-refractivity contribution in [1.82, 2.24) is 0 Å². The predicted molar refractivity (Wildman–Crippen MR) is 52.8 cm³/mol. The molecular weight excluding hydrogens is 198 g/mol. The van der Waals surface area contributed by atoms with E-state index in [1.807, 2.05) is 6.07 Å². The highest BCUT2D eigenvalue weighted by molar-refractivity contribution is 5.73. The Hall–Kier alpha value is -1.59. The molecule has 0 amide bonds. The van der Waals surface area contributed by atoms with Gasteiger partial charge in [0.15, 0.2) is 0 Å². The Morgan fingerprint density at radius 3 is 2.60 bits per heavy atom. The van der Waals surface area contributed by atoms with Crippen LogP contribution in [0.5, 0.6) is 5.75 Å². The van der Waals surface area contributed by atoms with Crippen LogP contribution in [0.15, 0.2) is 30.3 Å². The number of benzene rings is 1. The number of ether oxygens (including phenoxy) is 2. The van der Waals surface area contributed by atoms with Crippen LogP contribution in [-0.4, -0.2) is 18.9 Å². The van der Waals surface area contributed by atoms with E-state index in [0.717, 1.165) is 0 Å². The van der Waals surface area contributed by atoms with Gasteiger partial charge in [0.1, 0.15) is 5.75 Å². The molecule has 0 aliphatic heterocycles. The second kappa shape index (κ2) is 6.00. The highest BCUT2D eigenvalue weighted by Gasteiger charge is 2.21. The standard InChI is InChI=1S/C10H13NO4/c1-2-13-10(9(12)15-11)14-8-6-4-3-5-7-8/h3-7,10H,2,11H2,1H3. The highest BCUT2D eigenvalue weighted by atomic mass is 16.7. The van der Waals surface area contributed by atoms with Crippen LogP contribution in [0.4, 0.5) is 0 Å². The number of para-hydroxylation sites is 1. The number of carbonyl (C=O) groups is 1. The Balaban J connectivity index is 2.62. The van der Waals surface area contributed by atoms with E-state index in [0.29, 0.717) is 12.4 Å². The van der Waals surface area contributed by atoms with Crippen LogP contribution >= 0.6 is 0 Å². The average Bonchev–Trinajstić information content (AvgIpc) is 2.29. The van der Waals surface area contributed by atoms with Crippen molar-refractivity contribution in [3.05, 3.63) is 30.3 Å². The SMILES string of the molecule is CCOC(Oc1ccccc1)C(=O)ON. The zero-order valence-electron chi connectivity index (χ0n) is 8.38. The molecule has 0 radical (unpaired) electrons. The topological polar surface area (TPSA) is 70.8 Å². The summed E-state index contributed by atoms with van der Waals surface area (Å²) in [5, 5.41) is 0. The second-order valence-electron chi connectivity index (χ2n) is 2.66. The van der Waals surface area contributed by atoms with Crippen LogP contribution in [0, 0.1) is 0 Å². The molecule has 0 fully saturated rings. The molecule has 82 valence electrons. The summed E-state index contributed by atoms with van der Waals surface area (Å²) in [5.41, 5.74) is 0. The van der Waals surface area contributed by atoms with Gasteiger partial charge in [-0.15, -0.1) is 0 Å². The molecule has 0 saturated carbocycles. The molecule has 1 aromatic rings. The normalized spacial score (nSPS) is 11.9. The van der Waals surface area contributed by atoms with Crippen molar-refractivity contribution in [2.45, 2.75) is 13.2 Å². The largest absolute Gasteiger partial charge is 0.454 e. The molecular formula is C10H13NO4. The van der Waals surface area contributed by atoms with Crippen molar-refractivity contribution in [3.8, 4) is 5.75 Å². The summed E-state index contributed by atoms with van der Waals surface area (Å²) in [6.45, 7) is 2.07. The Bertz CT molecular complexity index is 302. The van der Waals surface area contributed by atoms with Crippen LogP contribution in [-0.2, 0) is 14.4 Å². The second-order valence-corrected chi connectivity index (χ2v) is 2.66. The van der Waals surface area contributed by atoms with Crippen molar-refractivity contribution in [2.24, 2.45) is 5.90 Å². The summed E-state index contributed by atoms with van der Waals surface area (Å²) in [7, 11) is 0. The maximum absolute atomic E-state index is 11.1. The van der Waals surface area contributed by atoms with Crippen molar-refractivity contribution in [2.75, 3.05) is 6.61 Å². The molecule has 2 N–H and O–H groups in total. The third-order valence-electron chi connectivity index (χ3n) is 1.61. The number of hydrogen-bond acceptors (Lipinski definition) is 5. The van der Waals surface area contributed by atoms with Crippen LogP contribution in [0.3, 0.4) is 0 Å². The van der Waals surface area contributed by atoms with Gasteiger partial charge in [-0.3, -0.25) is 0 Å². The Morgan fingerprint density at radius 2 is 2.07 bits per heavy atom. The molecule has 0 aliphatic carbocycles. The van der Waals surface area contributed by atoms with E-state index in [1.165, 1.54) is 0 Å². The van der Waals surface area contributed by atoms with Crippen molar-refractivity contribution in [3.63, 3.8) is 0 Å². The van der Waals surface area contributed by atoms with Crippen molar-refractivity contribution in [1.29, 1.82) is 0 Å². The zero-order valence-corrected chi connectivity index (χ0v) is 8.38. The van der Waals surface area contributed by atoms with E-state index in [1.54, 1.807) is 31.2 Å². The zero-order chi connectivity index (χ0) is 11.1. The number of nitrogens with two attached hydrogens (primary N) is 1. The monoisotopic (exact) mass is 211 g/mol. The predicted octanol–water partition coefficient (Wildman–Crippen LogP) is 0.845. The molecule has 0 aromatic heterocycles. The van der Waals surface area contributed by atoms with Gasteiger partial charge in [-0.25, -0.2) is 4.79 Å². The lowest BCUT2D eigenvalue weighted by molar-refractivity contribution is -0.177. The van der Waals surface area contributed by atoms with Crippen LogP contribution in [0.1, 0.15) is 6.92 Å². The van der Waals surface area contributed by atoms with Gasteiger partial charge in [0, 0.05) is 6.61 Å². The minimum absolute atomic E-state index is 0.326. The molecule has 5 heteroatoms. The number of carbonyl (C=O) groups excluding carboxylic acids is 1. The maximum Gasteiger partial charge on any atom is 0.394 e. The first-order valence-corrected chi connectivity index (χ1v) is 4.51. The van der Waals surface area contributed by atoms with Gasteiger partial charge >= 0.3 is 12.3 Å². The summed E-state index contributed by atoms with van der Waals surface area (Å²) in [4.78, 5) is 15.2. The Labute approximate surface area is 87.7 Å². The molecule has 1 atom stereocenters. The lowest BCUT2D eigenvalue weighted by Gasteiger charge is -2.15. The summed E-state index contributed by atoms with van der Waals surface area (Å²) >= 11 is 0. The van der Waals surface area contributed by atoms with E-state index < -0.39 is 12.3 Å². The van der Waals surface area contributed by atoms with Gasteiger partial charge < -0.3 is 14.3 Å². The molecule has 15 heavy (non-hydrogen) atoms. The van der Waals surface area contributed by atoms with E-state index >= 15 is 0 Å². The molecule has 1 unspecified atom stereocenters. The molecule has 0 bridgehead atoms. The molecule has 0 aliphatic rings. The summed E-state index contributed by atoms with van der Waals surface area (Å²) in [6.07, 6.45) is -1.12. The van der Waals surface area contributed by atoms with Gasteiger partial charge in [-0.2, -0.15) is 5.90 Å². The summed E-state index contributed by atoms with van der Waals surface area (Å²) < 4.78 is 10.3. The molecule has 1 aromatic carbocycles. The first kappa shape index (κ1) is 11.5. The van der Waals surface area contributed by atoms with Crippen molar-refractivity contribution >= 4 is 5.97 Å². The third kappa shape index (κ3) is 3.57. The highest BCUT2D eigenvalue weighted by Crippen LogP contribution is 2.11. The van der Waals surface area contributed by atoms with Gasteiger partial charge in [-0.1, -0.05) is 18.2 Å². The van der Waals surface area contributed by atoms with Gasteiger partial charge in [0.05, 0.1) is 0 Å². The average molecular weight is 211 g/mol. The van der Waals surface area contributed by atoms with Crippen molar-refractivity contribution < 1.29 is 19.1 Å². The van der Waals surface area contributed by atoms with Crippen LogP contribution in [0.2, 0.25) is 0 Å². The van der Waals surface area contributed by atoms with Crippen LogP contribution < -0.4 is 10.6 Å². The first-order valence-electron chi connectivity index (χ1n) is 4.51. The fourth-order valence-corrected chi connectivity index (χ4v) is 0.980. The molecule has 1 rings (SSSR count). The minimum atomic E-state index is -1.12. The number of hydrogen-bond donors (Lipinski definition) is 1. The fourth-order valence-electron chi connectivity index (χ4n) is 0.980. The Morgan fingerprint density at radius 1 is 1.40 bits per heavy atom. The minimum Gasteiger partial charge on any atom is -0.454 e. The summed E-state index contributed by atoms with van der Waals surface area (Å²) in [5.74, 6) is 4.50. The first-order chi connectivity index (χ1) is 7.27. The van der Waals surface area contributed by atoms with E-state index in [9.17, 15) is 4.79 Å². The van der Waals surface area contributed by atoms with Gasteiger partial charge in [-0.05, 0) is 19.1 Å². The van der Waals surface area contributed by atoms with E-state index in [-0.39, 0.29) is 0 Å². The molecule has 0 saturated heterocycles.